The molecule has 0 aliphatic heterocycles. The Hall–Kier alpha value is -4.26. The van der Waals surface area contributed by atoms with Crippen LogP contribution in [-0.4, -0.2) is 32.1 Å². The maximum absolute atomic E-state index is 11.7. The normalized spacial score (nSPS) is 11.5. The van der Waals surface area contributed by atoms with Gasteiger partial charge in [0, 0.05) is 30.3 Å². The molecule has 0 spiro atoms. The summed E-state index contributed by atoms with van der Waals surface area (Å²) >= 11 is 0. The molecule has 7 heteroatoms. The Labute approximate surface area is 185 Å². The number of nitrogens with one attached hydrogen (secondary N) is 1. The van der Waals surface area contributed by atoms with Gasteiger partial charge in [-0.2, -0.15) is 0 Å². The van der Waals surface area contributed by atoms with Gasteiger partial charge in [0.1, 0.15) is 24.8 Å². The van der Waals surface area contributed by atoms with Gasteiger partial charge in [0.15, 0.2) is 0 Å². The molecule has 0 fully saturated rings. The van der Waals surface area contributed by atoms with Crippen molar-refractivity contribution >= 4 is 11.8 Å². The lowest BCUT2D eigenvalue weighted by atomic mass is 10.1. The van der Waals surface area contributed by atoms with E-state index >= 15 is 0 Å². The number of carboxylic acids is 1. The van der Waals surface area contributed by atoms with Gasteiger partial charge in [0.05, 0.1) is 5.69 Å². The summed E-state index contributed by atoms with van der Waals surface area (Å²) in [5, 5.41) is 12.6. The Kier molecular flexibility index (Phi) is 6.67. The Morgan fingerprint density at radius 2 is 1.62 bits per heavy atom. The number of rotatable bonds is 9. The average molecular weight is 426 g/mol. The van der Waals surface area contributed by atoms with Crippen molar-refractivity contribution in [3.63, 3.8) is 0 Å². The van der Waals surface area contributed by atoms with Gasteiger partial charge >= 0.3 is 5.97 Å². The number of aromatic nitrogens is 3. The van der Waals surface area contributed by atoms with Crippen molar-refractivity contribution in [2.75, 3.05) is 5.32 Å². The highest BCUT2D eigenvalue weighted by atomic mass is 16.5. The van der Waals surface area contributed by atoms with Gasteiger partial charge in [-0.3, -0.25) is 0 Å². The van der Waals surface area contributed by atoms with Crippen LogP contribution in [0, 0.1) is 0 Å². The smallest absolute Gasteiger partial charge is 0.326 e. The van der Waals surface area contributed by atoms with E-state index in [1.165, 1.54) is 6.33 Å². The quantitative estimate of drug-likeness (QED) is 0.413. The highest BCUT2D eigenvalue weighted by molar-refractivity contribution is 5.77. The van der Waals surface area contributed by atoms with E-state index in [9.17, 15) is 9.90 Å². The highest BCUT2D eigenvalue weighted by Crippen LogP contribution is 2.21. The number of aliphatic carboxylic acids is 1. The molecule has 0 aliphatic carbocycles. The molecule has 160 valence electrons. The van der Waals surface area contributed by atoms with E-state index < -0.39 is 12.0 Å². The van der Waals surface area contributed by atoms with E-state index in [-0.39, 0.29) is 0 Å². The van der Waals surface area contributed by atoms with E-state index in [2.05, 4.69) is 20.3 Å². The summed E-state index contributed by atoms with van der Waals surface area (Å²) < 4.78 is 5.72. The van der Waals surface area contributed by atoms with Crippen LogP contribution in [-0.2, 0) is 17.8 Å². The molecule has 1 unspecified atom stereocenters. The van der Waals surface area contributed by atoms with Gasteiger partial charge in [-0.25, -0.2) is 19.7 Å². The number of carboxylic acid groups (broad SMARTS) is 1. The fourth-order valence-electron chi connectivity index (χ4n) is 3.17. The zero-order valence-corrected chi connectivity index (χ0v) is 17.3. The number of hydrogen-bond acceptors (Lipinski definition) is 6. The van der Waals surface area contributed by atoms with Gasteiger partial charge < -0.3 is 15.2 Å². The van der Waals surface area contributed by atoms with Crippen LogP contribution in [0.1, 0.15) is 11.1 Å². The lowest BCUT2D eigenvalue weighted by molar-refractivity contribution is -0.137. The summed E-state index contributed by atoms with van der Waals surface area (Å²) in [6.45, 7) is 0.437. The fraction of sp³-hybridized carbons (Fsp3) is 0.120. The first-order valence-electron chi connectivity index (χ1n) is 10.2. The van der Waals surface area contributed by atoms with Crippen LogP contribution in [0.5, 0.6) is 5.88 Å². The van der Waals surface area contributed by atoms with Crippen LogP contribution < -0.4 is 10.1 Å². The summed E-state index contributed by atoms with van der Waals surface area (Å²) in [4.78, 5) is 24.6. The van der Waals surface area contributed by atoms with E-state index in [0.29, 0.717) is 30.4 Å². The molecular weight excluding hydrogens is 404 g/mol. The number of hydrogen-bond donors (Lipinski definition) is 2. The molecule has 0 saturated heterocycles. The zero-order valence-electron chi connectivity index (χ0n) is 17.3. The standard InChI is InChI=1S/C25H22N4O3/c30-25(31)22(13-18-7-3-1-4-8-18)29-23-14-21(27-17-28-23)20-11-12-24(26-15-20)32-16-19-9-5-2-6-10-19/h1-12,14-15,17,22H,13,16H2,(H,30,31)(H,27,28,29). The van der Waals surface area contributed by atoms with Gasteiger partial charge in [0.25, 0.3) is 0 Å². The van der Waals surface area contributed by atoms with Gasteiger partial charge in [0.2, 0.25) is 5.88 Å². The second-order valence-corrected chi connectivity index (χ2v) is 7.17. The third-order valence-electron chi connectivity index (χ3n) is 4.83. The van der Waals surface area contributed by atoms with Crippen molar-refractivity contribution in [1.29, 1.82) is 0 Å². The van der Waals surface area contributed by atoms with Gasteiger partial charge in [-0.1, -0.05) is 60.7 Å². The molecule has 0 saturated carbocycles. The lowest BCUT2D eigenvalue weighted by Crippen LogP contribution is -2.31. The van der Waals surface area contributed by atoms with Crippen molar-refractivity contribution in [2.45, 2.75) is 19.1 Å². The first-order chi connectivity index (χ1) is 15.7. The first-order valence-corrected chi connectivity index (χ1v) is 10.2. The number of anilines is 1. The minimum atomic E-state index is -0.949. The summed E-state index contributed by atoms with van der Waals surface area (Å²) in [7, 11) is 0. The molecule has 0 amide bonds. The minimum Gasteiger partial charge on any atom is -0.480 e. The number of pyridine rings is 1. The van der Waals surface area contributed by atoms with Crippen molar-refractivity contribution in [3.05, 3.63) is 103 Å². The molecule has 2 aromatic carbocycles. The number of nitrogens with zero attached hydrogens (tertiary/aromatic N) is 3. The molecule has 0 bridgehead atoms. The van der Waals surface area contributed by atoms with Crippen molar-refractivity contribution in [2.24, 2.45) is 0 Å². The predicted octanol–water partition coefficient (Wildman–Crippen LogP) is 4.23. The summed E-state index contributed by atoms with van der Waals surface area (Å²) in [5.41, 5.74) is 3.40. The van der Waals surface area contributed by atoms with Crippen LogP contribution in [0.15, 0.2) is 91.4 Å². The molecule has 2 aromatic heterocycles. The van der Waals surface area contributed by atoms with Crippen LogP contribution in [0.4, 0.5) is 5.82 Å². The van der Waals surface area contributed by atoms with Crippen LogP contribution in [0.3, 0.4) is 0 Å². The molecule has 0 radical (unpaired) electrons. The largest absolute Gasteiger partial charge is 0.480 e. The predicted molar refractivity (Wildman–Crippen MR) is 121 cm³/mol. The molecule has 2 N–H and O–H groups in total. The van der Waals surface area contributed by atoms with Gasteiger partial charge in [-0.15, -0.1) is 0 Å². The van der Waals surface area contributed by atoms with Crippen LogP contribution in [0.25, 0.3) is 11.3 Å². The second-order valence-electron chi connectivity index (χ2n) is 7.17. The van der Waals surface area contributed by atoms with E-state index in [4.69, 9.17) is 4.74 Å². The maximum Gasteiger partial charge on any atom is 0.326 e. The summed E-state index contributed by atoms with van der Waals surface area (Å²) in [5.74, 6) is -0.00264. The first kappa shape index (κ1) is 21.0. The van der Waals surface area contributed by atoms with Crippen LogP contribution >= 0.6 is 0 Å². The average Bonchev–Trinajstić information content (AvgIpc) is 2.84. The second kappa shape index (κ2) is 10.2. The number of ether oxygens (including phenoxy) is 1. The highest BCUT2D eigenvalue weighted by Gasteiger charge is 2.18. The third kappa shape index (κ3) is 5.66. The van der Waals surface area contributed by atoms with Crippen molar-refractivity contribution in [3.8, 4) is 17.1 Å². The van der Waals surface area contributed by atoms with Crippen LogP contribution in [0.2, 0.25) is 0 Å². The Morgan fingerprint density at radius 1 is 0.906 bits per heavy atom. The lowest BCUT2D eigenvalue weighted by Gasteiger charge is -2.15. The number of benzene rings is 2. The molecular formula is C25H22N4O3. The summed E-state index contributed by atoms with van der Waals surface area (Å²) in [6, 6.07) is 23.9. The molecule has 4 aromatic rings. The Bertz CT molecular complexity index is 1150. The van der Waals surface area contributed by atoms with E-state index in [1.54, 1.807) is 18.3 Å². The van der Waals surface area contributed by atoms with Crippen molar-refractivity contribution < 1.29 is 14.6 Å². The molecule has 2 heterocycles. The van der Waals surface area contributed by atoms with E-state index in [0.717, 1.165) is 16.7 Å². The fourth-order valence-corrected chi connectivity index (χ4v) is 3.17. The number of carbonyl (C=O) groups is 1. The molecule has 32 heavy (non-hydrogen) atoms. The van der Waals surface area contributed by atoms with Crippen molar-refractivity contribution in [1.82, 2.24) is 15.0 Å². The zero-order chi connectivity index (χ0) is 22.2. The molecule has 7 nitrogen and oxygen atoms in total. The molecule has 4 rings (SSSR count). The Morgan fingerprint density at radius 3 is 2.28 bits per heavy atom. The Balaban J connectivity index is 1.43. The minimum absolute atomic E-state index is 0.338. The topological polar surface area (TPSA) is 97.2 Å². The SMILES string of the molecule is O=C(O)C(Cc1ccccc1)Nc1cc(-c2ccc(OCc3ccccc3)nc2)ncn1. The van der Waals surface area contributed by atoms with E-state index in [1.807, 2.05) is 66.7 Å². The molecule has 1 atom stereocenters. The third-order valence-corrected chi connectivity index (χ3v) is 4.83. The maximum atomic E-state index is 11.7. The molecule has 0 aliphatic rings. The van der Waals surface area contributed by atoms with Gasteiger partial charge in [-0.05, 0) is 17.2 Å². The monoisotopic (exact) mass is 426 g/mol. The summed E-state index contributed by atoms with van der Waals surface area (Å²) in [6.07, 6.45) is 3.41.